The van der Waals surface area contributed by atoms with Crippen LogP contribution in [0.5, 0.6) is 5.75 Å². The number of carbonyl (C=O) groups is 1. The number of carbonyl (C=O) groups excluding carboxylic acids is 1. The summed E-state index contributed by atoms with van der Waals surface area (Å²) in [7, 11) is 0. The van der Waals surface area contributed by atoms with Crippen LogP contribution >= 0.6 is 0 Å². The van der Waals surface area contributed by atoms with Crippen LogP contribution < -0.4 is 42.2 Å². The van der Waals surface area contributed by atoms with Gasteiger partial charge in [-0.05, 0) is 82.0 Å². The average Bonchev–Trinajstić information content (AvgIpc) is 3.59. The molecule has 0 saturated carbocycles. The van der Waals surface area contributed by atoms with Gasteiger partial charge in [-0.1, -0.05) is 24.3 Å². The summed E-state index contributed by atoms with van der Waals surface area (Å²) in [6.45, 7) is 4.52. The molecule has 0 radical (unpaired) electrons. The van der Waals surface area contributed by atoms with E-state index in [4.69, 9.17) is 4.74 Å². The molecule has 0 spiro atoms. The normalized spacial score (nSPS) is 27.7. The third-order valence-corrected chi connectivity index (χ3v) is 8.16. The van der Waals surface area contributed by atoms with Crippen molar-refractivity contribution in [2.45, 2.75) is 49.6 Å². The third kappa shape index (κ3) is 4.81. The molecule has 2 aromatic rings. The second kappa shape index (κ2) is 10.4. The Balaban J connectivity index is 1.15. The number of piperidine rings is 2. The molecular weight excluding hydrogens is 454 g/mol. The Labute approximate surface area is 212 Å². The van der Waals surface area contributed by atoms with Crippen LogP contribution in [0.3, 0.4) is 0 Å². The van der Waals surface area contributed by atoms with Gasteiger partial charge in [0.2, 0.25) is 0 Å². The largest absolute Gasteiger partial charge is 0.491 e. The predicted octanol–water partition coefficient (Wildman–Crippen LogP) is 1.43. The van der Waals surface area contributed by atoms with Gasteiger partial charge in [0.1, 0.15) is 12.4 Å². The molecule has 4 aliphatic rings. The average molecular weight is 492 g/mol. The minimum atomic E-state index is -0.173. The van der Waals surface area contributed by atoms with Crippen LogP contribution in [0.2, 0.25) is 0 Å². The van der Waals surface area contributed by atoms with Crippen LogP contribution in [-0.4, -0.2) is 56.6 Å². The molecule has 2 aromatic carbocycles. The van der Waals surface area contributed by atoms with Gasteiger partial charge in [0.25, 0.3) is 5.91 Å². The van der Waals surface area contributed by atoms with E-state index < -0.39 is 0 Å². The van der Waals surface area contributed by atoms with Crippen molar-refractivity contribution in [3.63, 3.8) is 0 Å². The second-order valence-electron chi connectivity index (χ2n) is 10.4. The quantitative estimate of drug-likeness (QED) is 0.325. The van der Waals surface area contributed by atoms with E-state index in [0.717, 1.165) is 56.0 Å². The molecule has 0 aromatic heterocycles. The molecule has 192 valence electrons. The smallest absolute Gasteiger partial charge is 0.251 e. The Bertz CT molecular complexity index is 1070. The Morgan fingerprint density at radius 1 is 0.944 bits per heavy atom. The zero-order chi connectivity index (χ0) is 24.4. The number of hydrazine groups is 1. The van der Waals surface area contributed by atoms with Crippen molar-refractivity contribution in [2.75, 3.05) is 38.1 Å². The molecule has 3 fully saturated rings. The summed E-state index contributed by atoms with van der Waals surface area (Å²) in [6.07, 6.45) is 4.66. The van der Waals surface area contributed by atoms with Crippen molar-refractivity contribution in [1.82, 2.24) is 32.1 Å². The van der Waals surface area contributed by atoms with E-state index in [2.05, 4.69) is 43.5 Å². The summed E-state index contributed by atoms with van der Waals surface area (Å²) >= 11 is 0. The van der Waals surface area contributed by atoms with E-state index in [9.17, 15) is 4.79 Å². The fraction of sp³-hybridized carbons (Fsp3) is 0.519. The minimum Gasteiger partial charge on any atom is -0.491 e. The SMILES string of the molecule is O=C(N[C@H]1COc2ccccc21)c1cccc(NC2(C3NNC(C4CCNCC4)N3)CCNCC2)c1. The maximum absolute atomic E-state index is 13.2. The molecule has 7 N–H and O–H groups in total. The van der Waals surface area contributed by atoms with Gasteiger partial charge in [0.15, 0.2) is 0 Å². The number of fused-ring (bicyclic) bond motifs is 1. The molecule has 36 heavy (non-hydrogen) atoms. The van der Waals surface area contributed by atoms with Crippen molar-refractivity contribution >= 4 is 11.6 Å². The molecule has 3 saturated heterocycles. The van der Waals surface area contributed by atoms with Gasteiger partial charge in [-0.25, -0.2) is 10.9 Å². The van der Waals surface area contributed by atoms with Crippen LogP contribution in [0, 0.1) is 5.92 Å². The number of benzene rings is 2. The van der Waals surface area contributed by atoms with Gasteiger partial charge in [-0.15, -0.1) is 0 Å². The van der Waals surface area contributed by atoms with E-state index >= 15 is 0 Å². The summed E-state index contributed by atoms with van der Waals surface area (Å²) in [5.41, 5.74) is 9.56. The highest BCUT2D eigenvalue weighted by molar-refractivity contribution is 5.95. The number of anilines is 1. The van der Waals surface area contributed by atoms with Gasteiger partial charge >= 0.3 is 0 Å². The first-order chi connectivity index (χ1) is 17.7. The summed E-state index contributed by atoms with van der Waals surface area (Å²) in [5, 5.41) is 17.8. The predicted molar refractivity (Wildman–Crippen MR) is 140 cm³/mol. The molecule has 0 bridgehead atoms. The zero-order valence-corrected chi connectivity index (χ0v) is 20.6. The maximum atomic E-state index is 13.2. The van der Waals surface area contributed by atoms with Crippen molar-refractivity contribution in [3.05, 3.63) is 59.7 Å². The molecule has 1 amide bonds. The van der Waals surface area contributed by atoms with Gasteiger partial charge < -0.3 is 26.0 Å². The van der Waals surface area contributed by atoms with Crippen molar-refractivity contribution in [1.29, 1.82) is 0 Å². The standard InChI is InChI=1S/C27H37N7O2/c35-25(30-22-17-36-23-7-2-1-6-21(22)23)19-4-3-5-20(16-19)32-27(10-14-29-15-11-27)26-31-24(33-34-26)18-8-12-28-13-9-18/h1-7,16,18,22,24,26,28-29,31-34H,8-15,17H2,(H,30,35)/t22-,24?,26?/m0/s1. The summed E-state index contributed by atoms with van der Waals surface area (Å²) in [4.78, 5) is 13.2. The summed E-state index contributed by atoms with van der Waals surface area (Å²) < 4.78 is 5.74. The van der Waals surface area contributed by atoms with E-state index in [-0.39, 0.29) is 29.8 Å². The van der Waals surface area contributed by atoms with Gasteiger partial charge in [0.05, 0.1) is 23.9 Å². The van der Waals surface area contributed by atoms with Crippen molar-refractivity contribution < 1.29 is 9.53 Å². The monoisotopic (exact) mass is 491 g/mol. The lowest BCUT2D eigenvalue weighted by Crippen LogP contribution is -2.63. The molecular formula is C27H37N7O2. The number of amides is 1. The zero-order valence-electron chi connectivity index (χ0n) is 20.6. The number of hydrogen-bond donors (Lipinski definition) is 7. The van der Waals surface area contributed by atoms with Crippen LogP contribution in [0.25, 0.3) is 0 Å². The first-order valence-corrected chi connectivity index (χ1v) is 13.3. The fourth-order valence-electron chi connectivity index (χ4n) is 6.07. The second-order valence-corrected chi connectivity index (χ2v) is 10.4. The van der Waals surface area contributed by atoms with Crippen molar-refractivity contribution in [3.8, 4) is 5.75 Å². The molecule has 4 aliphatic heterocycles. The highest BCUT2D eigenvalue weighted by Crippen LogP contribution is 2.33. The van der Waals surface area contributed by atoms with Crippen molar-refractivity contribution in [2.24, 2.45) is 5.92 Å². The molecule has 9 heteroatoms. The lowest BCUT2D eigenvalue weighted by molar-refractivity contribution is 0.0930. The molecule has 0 aliphatic carbocycles. The Morgan fingerprint density at radius 2 is 1.75 bits per heavy atom. The Hall–Kier alpha value is -2.69. The van der Waals surface area contributed by atoms with Gasteiger partial charge in [0, 0.05) is 16.8 Å². The van der Waals surface area contributed by atoms with E-state index in [0.29, 0.717) is 18.1 Å². The lowest BCUT2D eigenvalue weighted by atomic mass is 9.84. The Kier molecular flexibility index (Phi) is 6.81. The summed E-state index contributed by atoms with van der Waals surface area (Å²) in [5.74, 6) is 1.37. The first-order valence-electron chi connectivity index (χ1n) is 13.3. The van der Waals surface area contributed by atoms with Crippen LogP contribution in [0.15, 0.2) is 48.5 Å². The lowest BCUT2D eigenvalue weighted by Gasteiger charge is -2.43. The van der Waals surface area contributed by atoms with Crippen LogP contribution in [0.1, 0.15) is 47.6 Å². The number of nitrogens with one attached hydrogen (secondary N) is 7. The molecule has 2 unspecified atom stereocenters. The number of ether oxygens (including phenoxy) is 1. The van der Waals surface area contributed by atoms with E-state index in [1.165, 1.54) is 12.8 Å². The van der Waals surface area contributed by atoms with Crippen LogP contribution in [0.4, 0.5) is 5.69 Å². The summed E-state index contributed by atoms with van der Waals surface area (Å²) in [6, 6.07) is 15.6. The third-order valence-electron chi connectivity index (χ3n) is 8.16. The topological polar surface area (TPSA) is 111 Å². The first kappa shape index (κ1) is 23.7. The Morgan fingerprint density at radius 3 is 2.61 bits per heavy atom. The fourth-order valence-corrected chi connectivity index (χ4v) is 6.07. The highest BCUT2D eigenvalue weighted by Gasteiger charge is 2.45. The highest BCUT2D eigenvalue weighted by atomic mass is 16.5. The molecule has 3 atom stereocenters. The minimum absolute atomic E-state index is 0.0871. The maximum Gasteiger partial charge on any atom is 0.251 e. The number of rotatable bonds is 6. The molecule has 4 heterocycles. The van der Waals surface area contributed by atoms with E-state index in [1.54, 1.807) is 0 Å². The molecule has 6 rings (SSSR count). The van der Waals surface area contributed by atoms with Gasteiger partial charge in [-0.2, -0.15) is 0 Å². The molecule has 9 nitrogen and oxygen atoms in total. The number of hydrogen-bond acceptors (Lipinski definition) is 8. The number of para-hydroxylation sites is 1. The van der Waals surface area contributed by atoms with Crippen LogP contribution in [-0.2, 0) is 0 Å². The van der Waals surface area contributed by atoms with E-state index in [1.807, 2.05) is 42.5 Å². The van der Waals surface area contributed by atoms with Gasteiger partial charge in [-0.3, -0.25) is 10.1 Å².